The number of nitrogens with zero attached hydrogens (tertiary/aromatic N) is 1. The molecule has 2 nitrogen and oxygen atoms in total. The third-order valence-electron chi connectivity index (χ3n) is 2.56. The van der Waals surface area contributed by atoms with Crippen LogP contribution in [-0.2, 0) is 6.42 Å². The van der Waals surface area contributed by atoms with Gasteiger partial charge in [-0.05, 0) is 31.1 Å². The first-order valence-electron chi connectivity index (χ1n) is 5.27. The largest absolute Gasteiger partial charge is 0.306 e. The molecule has 15 heavy (non-hydrogen) atoms. The molecule has 2 heteroatoms. The molecule has 0 aromatic heterocycles. The maximum absolute atomic E-state index is 3.22. The Balaban J connectivity index is 1.89. The van der Waals surface area contributed by atoms with Crippen LogP contribution in [0.25, 0.3) is 0 Å². The van der Waals surface area contributed by atoms with Crippen LogP contribution in [-0.4, -0.2) is 11.6 Å². The van der Waals surface area contributed by atoms with Crippen LogP contribution in [0.5, 0.6) is 0 Å². The van der Waals surface area contributed by atoms with Crippen molar-refractivity contribution in [1.82, 2.24) is 10.4 Å². The highest BCUT2D eigenvalue weighted by atomic mass is 15.5. The van der Waals surface area contributed by atoms with E-state index in [1.807, 2.05) is 12.3 Å². The van der Waals surface area contributed by atoms with Crippen LogP contribution in [0.2, 0.25) is 0 Å². The molecule has 78 valence electrons. The molecule has 1 aliphatic rings. The van der Waals surface area contributed by atoms with E-state index in [2.05, 4.69) is 53.8 Å². The highest BCUT2D eigenvalue weighted by molar-refractivity contribution is 5.16. The topological polar surface area (TPSA) is 15.3 Å². The lowest BCUT2D eigenvalue weighted by Crippen LogP contribution is -2.35. The molecule has 0 radical (unpaired) electrons. The van der Waals surface area contributed by atoms with Crippen LogP contribution < -0.4 is 5.43 Å². The van der Waals surface area contributed by atoms with Crippen molar-refractivity contribution in [2.24, 2.45) is 0 Å². The highest BCUT2D eigenvalue weighted by Gasteiger charge is 2.05. The van der Waals surface area contributed by atoms with Gasteiger partial charge in [-0.3, -0.25) is 5.01 Å². The normalized spacial score (nSPS) is 14.7. The van der Waals surface area contributed by atoms with Gasteiger partial charge in [0.1, 0.15) is 0 Å². The summed E-state index contributed by atoms with van der Waals surface area (Å²) in [5.41, 5.74) is 5.86. The maximum Gasteiger partial charge on any atom is 0.0430 e. The second kappa shape index (κ2) is 4.69. The summed E-state index contributed by atoms with van der Waals surface area (Å²) in [6.07, 6.45) is 7.15. The summed E-state index contributed by atoms with van der Waals surface area (Å²) in [5.74, 6) is 0. The van der Waals surface area contributed by atoms with Gasteiger partial charge in [0.2, 0.25) is 0 Å². The summed E-state index contributed by atoms with van der Waals surface area (Å²) < 4.78 is 0. The number of hydrazine groups is 1. The van der Waals surface area contributed by atoms with Gasteiger partial charge in [-0.15, -0.1) is 0 Å². The minimum Gasteiger partial charge on any atom is -0.306 e. The second-order valence-corrected chi connectivity index (χ2v) is 3.68. The average molecular weight is 200 g/mol. The molecular weight excluding hydrogens is 184 g/mol. The zero-order valence-corrected chi connectivity index (χ0v) is 8.98. The van der Waals surface area contributed by atoms with Gasteiger partial charge in [0.25, 0.3) is 0 Å². The van der Waals surface area contributed by atoms with Crippen molar-refractivity contribution in [2.75, 3.05) is 6.54 Å². The molecule has 1 N–H and O–H groups in total. The number of hydrogen-bond donors (Lipinski definition) is 1. The highest BCUT2D eigenvalue weighted by Crippen LogP contribution is 2.07. The summed E-state index contributed by atoms with van der Waals surface area (Å²) in [4.78, 5) is 0. The van der Waals surface area contributed by atoms with Crippen molar-refractivity contribution in [3.05, 3.63) is 59.9 Å². The van der Waals surface area contributed by atoms with Crippen molar-refractivity contribution in [3.8, 4) is 0 Å². The Morgan fingerprint density at radius 2 is 2.00 bits per heavy atom. The third kappa shape index (κ3) is 2.62. The average Bonchev–Trinajstić information content (AvgIpc) is 2.29. The Morgan fingerprint density at radius 3 is 2.73 bits per heavy atom. The molecular formula is C13H16N2. The van der Waals surface area contributed by atoms with E-state index >= 15 is 0 Å². The number of allylic oxidation sites excluding steroid dienone is 3. The van der Waals surface area contributed by atoms with E-state index in [1.165, 1.54) is 11.3 Å². The van der Waals surface area contributed by atoms with E-state index in [0.29, 0.717) is 0 Å². The van der Waals surface area contributed by atoms with E-state index < -0.39 is 0 Å². The number of hydrogen-bond acceptors (Lipinski definition) is 2. The van der Waals surface area contributed by atoms with Crippen LogP contribution in [0.3, 0.4) is 0 Å². The van der Waals surface area contributed by atoms with Crippen molar-refractivity contribution in [2.45, 2.75) is 13.3 Å². The Morgan fingerprint density at radius 1 is 1.20 bits per heavy atom. The lowest BCUT2D eigenvalue weighted by Gasteiger charge is -2.27. The first-order valence-corrected chi connectivity index (χ1v) is 5.27. The van der Waals surface area contributed by atoms with Gasteiger partial charge in [-0.25, -0.2) is 0 Å². The van der Waals surface area contributed by atoms with E-state index in [1.54, 1.807) is 0 Å². The fraction of sp³-hybridized carbons (Fsp3) is 0.231. The lowest BCUT2D eigenvalue weighted by atomic mass is 10.1. The van der Waals surface area contributed by atoms with Gasteiger partial charge in [0, 0.05) is 18.4 Å². The molecule has 0 amide bonds. The van der Waals surface area contributed by atoms with E-state index in [4.69, 9.17) is 0 Å². The predicted octanol–water partition coefficient (Wildman–Crippen LogP) is 2.47. The Bertz CT molecular complexity index is 365. The van der Waals surface area contributed by atoms with Gasteiger partial charge in [-0.1, -0.05) is 30.3 Å². The minimum atomic E-state index is 0.997. The molecule has 2 rings (SSSR count). The fourth-order valence-corrected chi connectivity index (χ4v) is 1.64. The van der Waals surface area contributed by atoms with Gasteiger partial charge >= 0.3 is 0 Å². The molecule has 1 aromatic carbocycles. The van der Waals surface area contributed by atoms with Gasteiger partial charge in [0.15, 0.2) is 0 Å². The summed E-state index contributed by atoms with van der Waals surface area (Å²) >= 11 is 0. The summed E-state index contributed by atoms with van der Waals surface area (Å²) in [6.45, 7) is 3.11. The molecule has 0 saturated heterocycles. The quantitative estimate of drug-likeness (QED) is 0.806. The Kier molecular flexibility index (Phi) is 3.08. The van der Waals surface area contributed by atoms with Gasteiger partial charge in [0.05, 0.1) is 0 Å². The maximum atomic E-state index is 3.22. The number of rotatable bonds is 3. The zero-order chi connectivity index (χ0) is 10.5. The lowest BCUT2D eigenvalue weighted by molar-refractivity contribution is 0.287. The Labute approximate surface area is 90.9 Å². The fourth-order valence-electron chi connectivity index (χ4n) is 1.64. The summed E-state index contributed by atoms with van der Waals surface area (Å²) in [6, 6.07) is 10.6. The van der Waals surface area contributed by atoms with Crippen molar-refractivity contribution < 1.29 is 0 Å². The van der Waals surface area contributed by atoms with Crippen molar-refractivity contribution >= 4 is 0 Å². The summed E-state index contributed by atoms with van der Waals surface area (Å²) in [5, 5.41) is 2.16. The van der Waals surface area contributed by atoms with Crippen molar-refractivity contribution in [1.29, 1.82) is 0 Å². The van der Waals surface area contributed by atoms with Gasteiger partial charge in [-0.2, -0.15) is 0 Å². The molecule has 1 aromatic rings. The zero-order valence-electron chi connectivity index (χ0n) is 8.98. The molecule has 0 spiro atoms. The first-order chi connectivity index (χ1) is 7.36. The van der Waals surface area contributed by atoms with E-state index in [9.17, 15) is 0 Å². The van der Waals surface area contributed by atoms with Crippen LogP contribution in [0.15, 0.2) is 54.4 Å². The molecule has 0 atom stereocenters. The van der Waals surface area contributed by atoms with E-state index in [-0.39, 0.29) is 0 Å². The molecule has 1 aliphatic heterocycles. The molecule has 0 unspecified atom stereocenters. The van der Waals surface area contributed by atoms with Crippen LogP contribution in [0, 0.1) is 0 Å². The summed E-state index contributed by atoms with van der Waals surface area (Å²) in [7, 11) is 0. The SMILES string of the molecule is CC1=CC=CNN1CCc1ccccc1. The Hall–Kier alpha value is -1.70. The van der Waals surface area contributed by atoms with E-state index in [0.717, 1.165) is 13.0 Å². The molecule has 1 heterocycles. The smallest absolute Gasteiger partial charge is 0.0430 e. The number of nitrogens with one attached hydrogen (secondary N) is 1. The van der Waals surface area contributed by atoms with Gasteiger partial charge < -0.3 is 5.43 Å². The molecule has 0 bridgehead atoms. The predicted molar refractivity (Wildman–Crippen MR) is 62.9 cm³/mol. The third-order valence-corrected chi connectivity index (χ3v) is 2.56. The second-order valence-electron chi connectivity index (χ2n) is 3.68. The first kappa shape index (κ1) is 9.84. The molecule has 0 fully saturated rings. The van der Waals surface area contributed by atoms with Crippen LogP contribution >= 0.6 is 0 Å². The van der Waals surface area contributed by atoms with Crippen molar-refractivity contribution in [3.63, 3.8) is 0 Å². The minimum absolute atomic E-state index is 0.997. The van der Waals surface area contributed by atoms with Crippen LogP contribution in [0.1, 0.15) is 12.5 Å². The monoisotopic (exact) mass is 200 g/mol. The molecule has 0 aliphatic carbocycles. The number of benzene rings is 1. The van der Waals surface area contributed by atoms with Crippen LogP contribution in [0.4, 0.5) is 0 Å². The standard InChI is InChI=1S/C13H16N2/c1-12-6-5-10-14-15(12)11-9-13-7-3-2-4-8-13/h2-8,10,14H,9,11H2,1H3. The molecule has 0 saturated carbocycles.